The average Bonchev–Trinajstić information content (AvgIpc) is 3.20. The highest BCUT2D eigenvalue weighted by Crippen LogP contribution is 2.25. The maximum atomic E-state index is 5.55. The van der Waals surface area contributed by atoms with Crippen molar-refractivity contribution < 1.29 is 0 Å². The fourth-order valence-electron chi connectivity index (χ4n) is 3.60. The summed E-state index contributed by atoms with van der Waals surface area (Å²) in [7, 11) is 2.16. The van der Waals surface area contributed by atoms with E-state index in [0.29, 0.717) is 0 Å². The van der Waals surface area contributed by atoms with E-state index in [9.17, 15) is 0 Å². The molecule has 0 fully saturated rings. The molecule has 0 saturated heterocycles. The van der Waals surface area contributed by atoms with Gasteiger partial charge in [0.2, 0.25) is 0 Å². The van der Waals surface area contributed by atoms with Crippen LogP contribution in [0.1, 0.15) is 31.2 Å². The number of fused-ring (bicyclic) bond motifs is 1. The molecule has 0 aliphatic carbocycles. The second-order valence-electron chi connectivity index (χ2n) is 7.54. The zero-order valence-electron chi connectivity index (χ0n) is 16.5. The van der Waals surface area contributed by atoms with Gasteiger partial charge in [0.15, 0.2) is 0 Å². The third-order valence-electron chi connectivity index (χ3n) is 5.35. The summed E-state index contributed by atoms with van der Waals surface area (Å²) in [6.07, 6.45) is 12.5. The van der Waals surface area contributed by atoms with Crippen LogP contribution in [0.15, 0.2) is 42.9 Å². The molecule has 0 atom stereocenters. The van der Waals surface area contributed by atoms with Crippen molar-refractivity contribution >= 4 is 16.6 Å². The van der Waals surface area contributed by atoms with Crippen molar-refractivity contribution in [1.29, 1.82) is 0 Å². The lowest BCUT2D eigenvalue weighted by Crippen LogP contribution is -2.23. The zero-order valence-corrected chi connectivity index (χ0v) is 16.5. The van der Waals surface area contributed by atoms with Crippen molar-refractivity contribution in [2.75, 3.05) is 26.7 Å². The van der Waals surface area contributed by atoms with Gasteiger partial charge in [-0.1, -0.05) is 18.6 Å². The fraction of sp³-hybridized carbons (Fsp3) is 0.409. The summed E-state index contributed by atoms with van der Waals surface area (Å²) >= 11 is 0. The lowest BCUT2D eigenvalue weighted by molar-refractivity contribution is 0.370. The number of aryl methyl sites for hydroxylation is 1. The Labute approximate surface area is 166 Å². The van der Waals surface area contributed by atoms with Gasteiger partial charge in [0.1, 0.15) is 0 Å². The number of nitrogens with two attached hydrogens (primary N) is 1. The van der Waals surface area contributed by atoms with Crippen LogP contribution in [-0.4, -0.2) is 51.3 Å². The average molecular weight is 377 g/mol. The molecule has 4 rings (SSSR count). The van der Waals surface area contributed by atoms with E-state index in [1.807, 2.05) is 17.1 Å². The SMILES string of the molecule is CN1CC=C(c2ccc3ncc(-c4cnn(CCCCCN)c4)nc3c2)CC1. The van der Waals surface area contributed by atoms with E-state index < -0.39 is 0 Å². The molecule has 28 heavy (non-hydrogen) atoms. The van der Waals surface area contributed by atoms with Crippen molar-refractivity contribution in [1.82, 2.24) is 24.6 Å². The monoisotopic (exact) mass is 376 g/mol. The van der Waals surface area contributed by atoms with Crippen molar-refractivity contribution in [2.45, 2.75) is 32.2 Å². The van der Waals surface area contributed by atoms with E-state index in [4.69, 9.17) is 10.7 Å². The summed E-state index contributed by atoms with van der Waals surface area (Å²) in [6, 6.07) is 6.40. The molecule has 3 aromatic rings. The first-order valence-electron chi connectivity index (χ1n) is 10.1. The minimum absolute atomic E-state index is 0.757. The van der Waals surface area contributed by atoms with Crippen LogP contribution in [0.5, 0.6) is 0 Å². The van der Waals surface area contributed by atoms with Crippen LogP contribution < -0.4 is 5.73 Å². The summed E-state index contributed by atoms with van der Waals surface area (Å²) in [4.78, 5) is 11.8. The molecule has 146 valence electrons. The number of hydrogen-bond acceptors (Lipinski definition) is 5. The number of aromatic nitrogens is 4. The smallest absolute Gasteiger partial charge is 0.0924 e. The normalized spacial score (nSPS) is 15.1. The van der Waals surface area contributed by atoms with Gasteiger partial charge in [-0.2, -0.15) is 5.10 Å². The van der Waals surface area contributed by atoms with E-state index in [0.717, 1.165) is 74.2 Å². The predicted molar refractivity (Wildman–Crippen MR) is 114 cm³/mol. The second-order valence-corrected chi connectivity index (χ2v) is 7.54. The van der Waals surface area contributed by atoms with Gasteiger partial charge < -0.3 is 10.6 Å². The van der Waals surface area contributed by atoms with Crippen LogP contribution >= 0.6 is 0 Å². The molecule has 0 unspecified atom stereocenters. The highest BCUT2D eigenvalue weighted by molar-refractivity contribution is 5.82. The number of benzene rings is 1. The van der Waals surface area contributed by atoms with Gasteiger partial charge in [0, 0.05) is 31.4 Å². The van der Waals surface area contributed by atoms with Gasteiger partial charge >= 0.3 is 0 Å². The van der Waals surface area contributed by atoms with Crippen LogP contribution in [0.4, 0.5) is 0 Å². The molecule has 0 radical (unpaired) electrons. The summed E-state index contributed by atoms with van der Waals surface area (Å²) in [5, 5.41) is 4.47. The second kappa shape index (κ2) is 8.63. The number of nitrogens with zero attached hydrogens (tertiary/aromatic N) is 5. The zero-order chi connectivity index (χ0) is 19.3. The Kier molecular flexibility index (Phi) is 5.78. The van der Waals surface area contributed by atoms with Gasteiger partial charge in [-0.25, -0.2) is 4.98 Å². The number of unbranched alkanes of at least 4 members (excludes halogenated alkanes) is 2. The van der Waals surface area contributed by atoms with Gasteiger partial charge in [0.25, 0.3) is 0 Å². The van der Waals surface area contributed by atoms with Crippen LogP contribution in [0, 0.1) is 0 Å². The lowest BCUT2D eigenvalue weighted by atomic mass is 9.99. The van der Waals surface area contributed by atoms with Crippen LogP contribution in [0.25, 0.3) is 27.9 Å². The van der Waals surface area contributed by atoms with Crippen molar-refractivity contribution in [3.8, 4) is 11.3 Å². The minimum atomic E-state index is 0.757. The van der Waals surface area contributed by atoms with E-state index in [1.54, 1.807) is 0 Å². The summed E-state index contributed by atoms with van der Waals surface area (Å²) in [6.45, 7) is 3.77. The lowest BCUT2D eigenvalue weighted by Gasteiger charge is -2.22. The van der Waals surface area contributed by atoms with E-state index in [2.05, 4.69) is 52.5 Å². The number of likely N-dealkylation sites (N-methyl/N-ethyl adjacent to an activating group) is 1. The molecule has 0 spiro atoms. The quantitative estimate of drug-likeness (QED) is 0.640. The van der Waals surface area contributed by atoms with Crippen molar-refractivity contribution in [3.05, 3.63) is 48.4 Å². The summed E-state index contributed by atoms with van der Waals surface area (Å²) < 4.78 is 1.98. The van der Waals surface area contributed by atoms with Gasteiger partial charge in [0.05, 0.1) is 29.1 Å². The Morgan fingerprint density at radius 2 is 2.00 bits per heavy atom. The highest BCUT2D eigenvalue weighted by Gasteiger charge is 2.11. The predicted octanol–water partition coefficient (Wildman–Crippen LogP) is 3.34. The Hall–Kier alpha value is -2.57. The van der Waals surface area contributed by atoms with Crippen molar-refractivity contribution in [2.24, 2.45) is 5.73 Å². The highest BCUT2D eigenvalue weighted by atomic mass is 15.3. The van der Waals surface area contributed by atoms with E-state index >= 15 is 0 Å². The van der Waals surface area contributed by atoms with Crippen LogP contribution in [0.3, 0.4) is 0 Å². The van der Waals surface area contributed by atoms with Gasteiger partial charge in [-0.15, -0.1) is 0 Å². The maximum Gasteiger partial charge on any atom is 0.0924 e. The first-order chi connectivity index (χ1) is 13.7. The molecule has 6 nitrogen and oxygen atoms in total. The fourth-order valence-corrected chi connectivity index (χ4v) is 3.60. The third-order valence-corrected chi connectivity index (χ3v) is 5.35. The molecular weight excluding hydrogens is 348 g/mol. The minimum Gasteiger partial charge on any atom is -0.330 e. The molecule has 0 bridgehead atoms. The first kappa shape index (κ1) is 18.8. The Morgan fingerprint density at radius 1 is 1.07 bits per heavy atom. The first-order valence-corrected chi connectivity index (χ1v) is 10.1. The topological polar surface area (TPSA) is 72.9 Å². The number of rotatable bonds is 7. The Bertz CT molecular complexity index is 974. The maximum absolute atomic E-state index is 5.55. The molecule has 1 aliphatic heterocycles. The molecular formula is C22H28N6. The molecule has 0 saturated carbocycles. The molecule has 1 aromatic carbocycles. The molecule has 3 heterocycles. The molecule has 2 N–H and O–H groups in total. The van der Waals surface area contributed by atoms with Gasteiger partial charge in [-0.05, 0) is 56.1 Å². The molecule has 1 aliphatic rings. The Morgan fingerprint density at radius 3 is 2.82 bits per heavy atom. The van der Waals surface area contributed by atoms with Crippen LogP contribution in [0.2, 0.25) is 0 Å². The summed E-state index contributed by atoms with van der Waals surface area (Å²) in [5.41, 5.74) is 12.0. The number of hydrogen-bond donors (Lipinski definition) is 1. The van der Waals surface area contributed by atoms with E-state index in [-0.39, 0.29) is 0 Å². The largest absolute Gasteiger partial charge is 0.330 e. The summed E-state index contributed by atoms with van der Waals surface area (Å²) in [5.74, 6) is 0. The van der Waals surface area contributed by atoms with E-state index in [1.165, 1.54) is 11.1 Å². The van der Waals surface area contributed by atoms with Crippen molar-refractivity contribution in [3.63, 3.8) is 0 Å². The standard InChI is InChI=1S/C22H28N6/c1-27-11-7-17(8-12-27)18-5-6-20-21(13-18)26-22(15-24-20)19-14-25-28(16-19)10-4-2-3-9-23/h5-7,13-16H,2-4,8-12,23H2,1H3. The molecule has 0 amide bonds. The molecule has 6 heteroatoms. The third kappa shape index (κ3) is 4.29. The van der Waals surface area contributed by atoms with Gasteiger partial charge in [-0.3, -0.25) is 9.67 Å². The van der Waals surface area contributed by atoms with Crippen LogP contribution in [-0.2, 0) is 6.54 Å². The Balaban J connectivity index is 1.54. The molecule has 2 aromatic heterocycles.